The fourth-order valence-corrected chi connectivity index (χ4v) is 4.40. The molecular formula is C17H14ClIN4O. The maximum absolute atomic E-state index is 11.9. The number of amides is 1. The summed E-state index contributed by atoms with van der Waals surface area (Å²) >= 11 is 8.38. The van der Waals surface area contributed by atoms with E-state index in [0.717, 1.165) is 32.6 Å². The van der Waals surface area contributed by atoms with Gasteiger partial charge in [0, 0.05) is 14.8 Å². The molecule has 1 fully saturated rings. The number of halogens is 2. The van der Waals surface area contributed by atoms with Gasteiger partial charge >= 0.3 is 0 Å². The van der Waals surface area contributed by atoms with Gasteiger partial charge in [-0.2, -0.15) is 5.10 Å². The second-order valence-electron chi connectivity index (χ2n) is 5.97. The van der Waals surface area contributed by atoms with E-state index < -0.39 is 5.91 Å². The Hall–Kier alpha value is -1.80. The van der Waals surface area contributed by atoms with E-state index >= 15 is 0 Å². The number of nitrogens with two attached hydrogens (primary N) is 1. The Kier molecular flexibility index (Phi) is 3.69. The molecule has 5 nitrogen and oxygen atoms in total. The van der Waals surface area contributed by atoms with Crippen molar-refractivity contribution in [1.82, 2.24) is 9.61 Å². The number of benzene rings is 1. The van der Waals surface area contributed by atoms with Crippen LogP contribution in [0.2, 0.25) is 5.02 Å². The highest BCUT2D eigenvalue weighted by Gasteiger charge is 2.46. The van der Waals surface area contributed by atoms with Crippen molar-refractivity contribution in [3.05, 3.63) is 62.4 Å². The Bertz CT molecular complexity index is 964. The summed E-state index contributed by atoms with van der Waals surface area (Å²) < 4.78 is 2.84. The third-order valence-electron chi connectivity index (χ3n) is 4.39. The molecule has 0 aliphatic heterocycles. The minimum Gasteiger partial charge on any atom is -0.373 e. The molecule has 122 valence electrons. The van der Waals surface area contributed by atoms with E-state index in [1.807, 2.05) is 36.5 Å². The van der Waals surface area contributed by atoms with E-state index in [0.29, 0.717) is 5.56 Å². The smallest absolute Gasteiger partial charge is 0.252 e. The molecule has 0 unspecified atom stereocenters. The quantitative estimate of drug-likeness (QED) is 0.592. The number of carbonyl (C=O) groups excluding carboxylic acids is 1. The second kappa shape index (κ2) is 5.63. The summed E-state index contributed by atoms with van der Waals surface area (Å²) in [6.07, 6.45) is 5.33. The number of hydrogen-bond acceptors (Lipinski definition) is 3. The van der Waals surface area contributed by atoms with Crippen LogP contribution in [0, 0.1) is 3.57 Å². The highest BCUT2D eigenvalue weighted by molar-refractivity contribution is 14.1. The van der Waals surface area contributed by atoms with Gasteiger partial charge in [0.05, 0.1) is 28.5 Å². The van der Waals surface area contributed by atoms with E-state index in [9.17, 15) is 4.79 Å². The first-order valence-electron chi connectivity index (χ1n) is 7.50. The summed E-state index contributed by atoms with van der Waals surface area (Å²) in [4.78, 5) is 11.9. The Labute approximate surface area is 157 Å². The zero-order chi connectivity index (χ0) is 16.9. The van der Waals surface area contributed by atoms with Crippen LogP contribution in [-0.4, -0.2) is 15.5 Å². The lowest BCUT2D eigenvalue weighted by Crippen LogP contribution is -2.24. The van der Waals surface area contributed by atoms with Crippen LogP contribution in [0.15, 0.2) is 42.7 Å². The standard InChI is InChI=1S/C17H14ClIN4O/c18-10-3-4-12(13(19)8-10)17(5-6-17)22-15-11(16(20)24)9-21-23-7-1-2-14(15)23/h1-4,7-9,22H,5-6H2,(H2,20,24). The van der Waals surface area contributed by atoms with Crippen molar-refractivity contribution < 1.29 is 4.79 Å². The Morgan fingerprint density at radius 1 is 1.38 bits per heavy atom. The molecule has 0 atom stereocenters. The molecule has 2 heterocycles. The molecule has 1 aliphatic carbocycles. The van der Waals surface area contributed by atoms with Crippen LogP contribution in [0.5, 0.6) is 0 Å². The molecule has 1 aromatic carbocycles. The van der Waals surface area contributed by atoms with Gasteiger partial charge in [0.1, 0.15) is 0 Å². The molecule has 1 saturated carbocycles. The SMILES string of the molecule is NC(=O)c1cnn2cccc2c1NC1(c2ccc(Cl)cc2I)CC1. The van der Waals surface area contributed by atoms with Gasteiger partial charge in [0.25, 0.3) is 5.91 Å². The maximum atomic E-state index is 11.9. The van der Waals surface area contributed by atoms with Gasteiger partial charge in [-0.3, -0.25) is 4.79 Å². The van der Waals surface area contributed by atoms with Crippen molar-refractivity contribution in [3.63, 3.8) is 0 Å². The van der Waals surface area contributed by atoms with Gasteiger partial charge in [-0.25, -0.2) is 4.52 Å². The van der Waals surface area contributed by atoms with Crippen molar-refractivity contribution in [3.8, 4) is 0 Å². The molecular weight excluding hydrogens is 439 g/mol. The molecule has 3 aromatic rings. The maximum Gasteiger partial charge on any atom is 0.252 e. The Morgan fingerprint density at radius 3 is 2.83 bits per heavy atom. The van der Waals surface area contributed by atoms with Crippen molar-refractivity contribution in [2.45, 2.75) is 18.4 Å². The number of rotatable bonds is 4. The number of hydrogen-bond donors (Lipinski definition) is 2. The second-order valence-corrected chi connectivity index (χ2v) is 7.57. The lowest BCUT2D eigenvalue weighted by atomic mass is 10.0. The highest BCUT2D eigenvalue weighted by Crippen LogP contribution is 2.50. The van der Waals surface area contributed by atoms with Crippen LogP contribution in [0.1, 0.15) is 28.8 Å². The largest absolute Gasteiger partial charge is 0.373 e. The molecule has 1 amide bonds. The molecule has 4 rings (SSSR count). The zero-order valence-electron chi connectivity index (χ0n) is 12.6. The molecule has 3 N–H and O–H groups in total. The molecule has 0 spiro atoms. The lowest BCUT2D eigenvalue weighted by Gasteiger charge is -2.23. The van der Waals surface area contributed by atoms with E-state index in [4.69, 9.17) is 17.3 Å². The summed E-state index contributed by atoms with van der Waals surface area (Å²) in [5.41, 5.74) is 8.50. The first-order valence-corrected chi connectivity index (χ1v) is 8.96. The van der Waals surface area contributed by atoms with Gasteiger partial charge in [-0.1, -0.05) is 17.7 Å². The minimum absolute atomic E-state index is 0.197. The van der Waals surface area contributed by atoms with Crippen LogP contribution < -0.4 is 11.1 Å². The average molecular weight is 453 g/mol. The van der Waals surface area contributed by atoms with Gasteiger partial charge < -0.3 is 11.1 Å². The van der Waals surface area contributed by atoms with E-state index in [-0.39, 0.29) is 5.54 Å². The first kappa shape index (κ1) is 15.7. The number of nitrogens with zero attached hydrogens (tertiary/aromatic N) is 2. The number of carbonyl (C=O) groups is 1. The van der Waals surface area contributed by atoms with Crippen LogP contribution in [0.25, 0.3) is 5.52 Å². The predicted molar refractivity (Wildman–Crippen MR) is 102 cm³/mol. The zero-order valence-corrected chi connectivity index (χ0v) is 15.5. The molecule has 0 radical (unpaired) electrons. The first-order chi connectivity index (χ1) is 11.5. The third kappa shape index (κ3) is 2.53. The molecule has 24 heavy (non-hydrogen) atoms. The van der Waals surface area contributed by atoms with E-state index in [2.05, 4.69) is 33.0 Å². The number of fused-ring (bicyclic) bond motifs is 1. The van der Waals surface area contributed by atoms with Crippen molar-refractivity contribution in [1.29, 1.82) is 0 Å². The average Bonchev–Trinajstić information content (AvgIpc) is 3.13. The number of anilines is 1. The molecule has 1 aliphatic rings. The summed E-state index contributed by atoms with van der Waals surface area (Å²) in [6, 6.07) is 9.71. The van der Waals surface area contributed by atoms with Gasteiger partial charge in [-0.05, 0) is 65.3 Å². The van der Waals surface area contributed by atoms with Gasteiger partial charge in [-0.15, -0.1) is 0 Å². The number of aromatic nitrogens is 2. The Balaban J connectivity index is 1.83. The highest BCUT2D eigenvalue weighted by atomic mass is 127. The molecule has 7 heteroatoms. The summed E-state index contributed by atoms with van der Waals surface area (Å²) in [5.74, 6) is -0.490. The third-order valence-corrected chi connectivity index (χ3v) is 5.52. The molecule has 0 bridgehead atoms. The fraction of sp³-hybridized carbons (Fsp3) is 0.176. The van der Waals surface area contributed by atoms with Crippen LogP contribution in [0.4, 0.5) is 5.69 Å². The lowest BCUT2D eigenvalue weighted by molar-refractivity contribution is 0.100. The predicted octanol–water partition coefficient (Wildman–Crippen LogP) is 3.79. The number of nitrogens with one attached hydrogen (secondary N) is 1. The minimum atomic E-state index is -0.490. The fourth-order valence-electron chi connectivity index (χ4n) is 3.02. The van der Waals surface area contributed by atoms with Crippen molar-refractivity contribution in [2.75, 3.05) is 5.32 Å². The summed E-state index contributed by atoms with van der Waals surface area (Å²) in [5, 5.41) is 8.53. The number of primary amides is 1. The van der Waals surface area contributed by atoms with Crippen molar-refractivity contribution in [2.24, 2.45) is 5.73 Å². The topological polar surface area (TPSA) is 72.4 Å². The van der Waals surface area contributed by atoms with Crippen LogP contribution in [0.3, 0.4) is 0 Å². The van der Waals surface area contributed by atoms with Crippen LogP contribution in [-0.2, 0) is 5.54 Å². The molecule has 0 saturated heterocycles. The van der Waals surface area contributed by atoms with Crippen molar-refractivity contribution >= 4 is 51.3 Å². The monoisotopic (exact) mass is 452 g/mol. The van der Waals surface area contributed by atoms with E-state index in [1.54, 1.807) is 4.52 Å². The van der Waals surface area contributed by atoms with Gasteiger partial charge in [0.15, 0.2) is 0 Å². The Morgan fingerprint density at radius 2 is 2.17 bits per heavy atom. The van der Waals surface area contributed by atoms with Gasteiger partial charge in [0.2, 0.25) is 0 Å². The summed E-state index contributed by atoms with van der Waals surface area (Å²) in [6.45, 7) is 0. The normalized spacial score (nSPS) is 15.4. The molecule has 2 aromatic heterocycles. The van der Waals surface area contributed by atoms with Crippen LogP contribution >= 0.6 is 34.2 Å². The van der Waals surface area contributed by atoms with E-state index in [1.165, 1.54) is 11.8 Å². The summed E-state index contributed by atoms with van der Waals surface area (Å²) in [7, 11) is 0.